The van der Waals surface area contributed by atoms with Crippen molar-refractivity contribution < 1.29 is 19.2 Å². The van der Waals surface area contributed by atoms with E-state index in [-0.39, 0.29) is 23.2 Å². The largest absolute Gasteiger partial charge is 0.493 e. The molecular formula is C26H21BrClN3O5S. The summed E-state index contributed by atoms with van der Waals surface area (Å²) in [7, 11) is 1.48. The van der Waals surface area contributed by atoms with Crippen molar-refractivity contribution in [3.05, 3.63) is 95.3 Å². The molecule has 1 amide bonds. The number of methoxy groups -OCH3 is 1. The quantitative estimate of drug-likeness (QED) is 0.176. The van der Waals surface area contributed by atoms with Gasteiger partial charge in [0.15, 0.2) is 16.7 Å². The summed E-state index contributed by atoms with van der Waals surface area (Å²) in [6.45, 7) is 4.03. The Bertz CT molecular complexity index is 1450. The number of amides is 1. The Balaban J connectivity index is 1.54. The van der Waals surface area contributed by atoms with Crippen molar-refractivity contribution >= 4 is 67.8 Å². The molecule has 1 N–H and O–H groups in total. The van der Waals surface area contributed by atoms with Gasteiger partial charge in [-0.25, -0.2) is 4.99 Å². The monoisotopic (exact) mass is 601 g/mol. The lowest BCUT2D eigenvalue weighted by molar-refractivity contribution is -0.384. The van der Waals surface area contributed by atoms with Crippen LogP contribution in [0.25, 0.3) is 6.08 Å². The standard InChI is InChI=1S/C26H21BrClN3O5S/c1-14-7-18(8-15(2)23(14)27)29-26-30-25(32)22(37-26)12-17-10-20(28)24(21(11-17)35-3)36-13-16-5-4-6-19(9-16)31(33)34/h4-12H,13H2,1-3H3,(H,29,30,32)/b22-12-. The van der Waals surface area contributed by atoms with Crippen LogP contribution in [0.2, 0.25) is 5.02 Å². The van der Waals surface area contributed by atoms with E-state index in [2.05, 4.69) is 26.2 Å². The summed E-state index contributed by atoms with van der Waals surface area (Å²) in [6.07, 6.45) is 1.69. The number of thioether (sulfide) groups is 1. The number of aryl methyl sites for hydroxylation is 2. The van der Waals surface area contributed by atoms with Gasteiger partial charge in [0.05, 0.1) is 27.6 Å². The van der Waals surface area contributed by atoms with E-state index in [4.69, 9.17) is 21.1 Å². The number of benzene rings is 3. The van der Waals surface area contributed by atoms with Gasteiger partial charge in [0, 0.05) is 16.6 Å². The third kappa shape index (κ3) is 6.33. The molecule has 37 heavy (non-hydrogen) atoms. The molecule has 1 aliphatic heterocycles. The molecule has 1 saturated heterocycles. The number of ether oxygens (including phenoxy) is 2. The zero-order chi connectivity index (χ0) is 26.7. The van der Waals surface area contributed by atoms with E-state index >= 15 is 0 Å². The molecule has 1 aliphatic rings. The molecule has 0 aromatic heterocycles. The maximum atomic E-state index is 12.6. The van der Waals surface area contributed by atoms with Crippen LogP contribution in [0.15, 0.2) is 62.9 Å². The predicted molar refractivity (Wildman–Crippen MR) is 150 cm³/mol. The van der Waals surface area contributed by atoms with Gasteiger partial charge < -0.3 is 14.8 Å². The van der Waals surface area contributed by atoms with Crippen LogP contribution >= 0.6 is 39.3 Å². The predicted octanol–water partition coefficient (Wildman–Crippen LogP) is 7.11. The Morgan fingerprint density at radius 1 is 1.19 bits per heavy atom. The fourth-order valence-electron chi connectivity index (χ4n) is 3.62. The summed E-state index contributed by atoms with van der Waals surface area (Å²) in [4.78, 5) is 28.2. The highest BCUT2D eigenvalue weighted by atomic mass is 79.9. The number of hydrogen-bond donors (Lipinski definition) is 1. The maximum absolute atomic E-state index is 12.6. The molecule has 0 aliphatic carbocycles. The normalized spacial score (nSPS) is 15.2. The number of halogens is 2. The lowest BCUT2D eigenvalue weighted by Gasteiger charge is -2.13. The second-order valence-corrected chi connectivity index (χ2v) is 10.4. The van der Waals surface area contributed by atoms with Gasteiger partial charge in [0.25, 0.3) is 11.6 Å². The lowest BCUT2D eigenvalue weighted by atomic mass is 10.1. The second-order valence-electron chi connectivity index (χ2n) is 8.13. The zero-order valence-corrected chi connectivity index (χ0v) is 23.2. The number of nitrogens with one attached hydrogen (secondary N) is 1. The molecule has 3 aromatic carbocycles. The van der Waals surface area contributed by atoms with E-state index in [1.165, 1.54) is 31.0 Å². The second kappa shape index (κ2) is 11.4. The van der Waals surface area contributed by atoms with E-state index in [1.54, 1.807) is 30.3 Å². The zero-order valence-electron chi connectivity index (χ0n) is 20.0. The van der Waals surface area contributed by atoms with Crippen LogP contribution in [0, 0.1) is 24.0 Å². The van der Waals surface area contributed by atoms with E-state index in [9.17, 15) is 14.9 Å². The first-order valence-electron chi connectivity index (χ1n) is 10.9. The third-order valence-corrected chi connectivity index (χ3v) is 7.80. The van der Waals surface area contributed by atoms with Crippen molar-refractivity contribution in [2.75, 3.05) is 7.11 Å². The lowest BCUT2D eigenvalue weighted by Crippen LogP contribution is -2.19. The molecule has 11 heteroatoms. The Morgan fingerprint density at radius 3 is 2.59 bits per heavy atom. The van der Waals surface area contributed by atoms with E-state index in [1.807, 2.05) is 26.0 Å². The number of aliphatic imine (C=N–C) groups is 1. The minimum Gasteiger partial charge on any atom is -0.493 e. The molecule has 190 valence electrons. The Hall–Kier alpha value is -3.34. The molecule has 0 spiro atoms. The number of nitro benzene ring substituents is 1. The van der Waals surface area contributed by atoms with Crippen LogP contribution in [0.3, 0.4) is 0 Å². The minimum absolute atomic E-state index is 0.0261. The van der Waals surface area contributed by atoms with Gasteiger partial charge in [0.1, 0.15) is 6.61 Å². The average molecular weight is 603 g/mol. The number of nitrogens with zero attached hydrogens (tertiary/aromatic N) is 2. The fraction of sp³-hybridized carbons (Fsp3) is 0.154. The van der Waals surface area contributed by atoms with Crippen molar-refractivity contribution in [3.63, 3.8) is 0 Å². The molecule has 0 radical (unpaired) electrons. The smallest absolute Gasteiger partial charge is 0.269 e. The third-order valence-electron chi connectivity index (χ3n) is 5.36. The van der Waals surface area contributed by atoms with Gasteiger partial charge in [0.2, 0.25) is 0 Å². The number of non-ortho nitro benzene ring substituents is 1. The molecule has 0 atom stereocenters. The molecule has 0 bridgehead atoms. The molecule has 1 fully saturated rings. The van der Waals surface area contributed by atoms with Crippen LogP contribution in [-0.4, -0.2) is 23.1 Å². The number of carbonyl (C=O) groups excluding carboxylic acids is 1. The summed E-state index contributed by atoms with van der Waals surface area (Å²) < 4.78 is 12.3. The van der Waals surface area contributed by atoms with Crippen molar-refractivity contribution in [2.24, 2.45) is 4.99 Å². The molecule has 0 unspecified atom stereocenters. The van der Waals surface area contributed by atoms with Crippen LogP contribution in [-0.2, 0) is 11.4 Å². The van der Waals surface area contributed by atoms with Gasteiger partial charge in [-0.15, -0.1) is 0 Å². The number of amidine groups is 1. The Morgan fingerprint density at radius 2 is 1.92 bits per heavy atom. The van der Waals surface area contributed by atoms with Crippen molar-refractivity contribution in [1.82, 2.24) is 5.32 Å². The first kappa shape index (κ1) is 26.7. The topological polar surface area (TPSA) is 103 Å². The number of carbonyl (C=O) groups is 1. The Kier molecular flexibility index (Phi) is 8.21. The SMILES string of the molecule is COc1cc(/C=C2\SC(=Nc3cc(C)c(Br)c(C)c3)NC2=O)cc(Cl)c1OCc1cccc([N+](=O)[O-])c1. The van der Waals surface area contributed by atoms with Crippen LogP contribution in [0.1, 0.15) is 22.3 Å². The highest BCUT2D eigenvalue weighted by molar-refractivity contribution is 9.10. The molecule has 8 nitrogen and oxygen atoms in total. The fourth-order valence-corrected chi connectivity index (χ4v) is 4.96. The molecule has 1 heterocycles. The highest BCUT2D eigenvalue weighted by Gasteiger charge is 2.24. The van der Waals surface area contributed by atoms with Crippen LogP contribution in [0.4, 0.5) is 11.4 Å². The van der Waals surface area contributed by atoms with Crippen molar-refractivity contribution in [2.45, 2.75) is 20.5 Å². The van der Waals surface area contributed by atoms with E-state index < -0.39 is 4.92 Å². The average Bonchev–Trinajstić information content (AvgIpc) is 3.19. The first-order chi connectivity index (χ1) is 17.6. The summed E-state index contributed by atoms with van der Waals surface area (Å²) in [5, 5.41) is 14.6. The van der Waals surface area contributed by atoms with Gasteiger partial charge in [-0.1, -0.05) is 39.7 Å². The number of nitro groups is 1. The Labute approximate surface area is 231 Å². The van der Waals surface area contributed by atoms with Gasteiger partial charge in [-0.05, 0) is 78.2 Å². The van der Waals surface area contributed by atoms with Crippen LogP contribution < -0.4 is 14.8 Å². The molecule has 0 saturated carbocycles. The van der Waals surface area contributed by atoms with Gasteiger partial charge in [-0.3, -0.25) is 14.9 Å². The van der Waals surface area contributed by atoms with Crippen molar-refractivity contribution in [3.8, 4) is 11.5 Å². The summed E-state index contributed by atoms with van der Waals surface area (Å²) >= 11 is 11.3. The number of rotatable bonds is 7. The van der Waals surface area contributed by atoms with Gasteiger partial charge in [-0.2, -0.15) is 0 Å². The summed E-state index contributed by atoms with van der Waals surface area (Å²) in [6, 6.07) is 13.4. The van der Waals surface area contributed by atoms with E-state index in [0.29, 0.717) is 32.7 Å². The van der Waals surface area contributed by atoms with Crippen molar-refractivity contribution in [1.29, 1.82) is 0 Å². The minimum atomic E-state index is -0.465. The molecular weight excluding hydrogens is 582 g/mol. The first-order valence-corrected chi connectivity index (χ1v) is 12.9. The van der Waals surface area contributed by atoms with Crippen LogP contribution in [0.5, 0.6) is 11.5 Å². The van der Waals surface area contributed by atoms with E-state index in [0.717, 1.165) is 21.3 Å². The molecule has 3 aromatic rings. The van der Waals surface area contributed by atoms with Gasteiger partial charge >= 0.3 is 0 Å². The number of hydrogen-bond acceptors (Lipinski definition) is 7. The maximum Gasteiger partial charge on any atom is 0.269 e. The summed E-state index contributed by atoms with van der Waals surface area (Å²) in [5.74, 6) is 0.392. The molecule has 4 rings (SSSR count). The summed E-state index contributed by atoms with van der Waals surface area (Å²) in [5.41, 5.74) is 4.08. The highest BCUT2D eigenvalue weighted by Crippen LogP contribution is 2.39.